The Bertz CT molecular complexity index is 1150. The Morgan fingerprint density at radius 3 is 2.33 bits per heavy atom. The monoisotopic (exact) mass is 405 g/mol. The molecular weight excluding hydrogens is 382 g/mol. The number of aromatic nitrogens is 1. The van der Waals surface area contributed by atoms with E-state index in [4.69, 9.17) is 19.2 Å². The van der Waals surface area contributed by atoms with Crippen LogP contribution in [0.15, 0.2) is 42.5 Å². The smallest absolute Gasteiger partial charge is 0.323 e. The van der Waals surface area contributed by atoms with Crippen molar-refractivity contribution in [3.8, 4) is 17.0 Å². The minimum absolute atomic E-state index is 0.184. The standard InChI is InChI=1S/C24H23NO5/c1-14-9-10-18-21-15(11-19(25-18)16-7-5-6-8-20(16)28-2)12-24(13-17(14)21,22(26)29-3)23(27)30-4/h5-11H,12-13H2,1-4H3. The number of ether oxygens (including phenoxy) is 3. The summed E-state index contributed by atoms with van der Waals surface area (Å²) in [6, 6.07) is 13.5. The molecule has 6 nitrogen and oxygen atoms in total. The molecule has 0 bridgehead atoms. The Morgan fingerprint density at radius 2 is 1.67 bits per heavy atom. The van der Waals surface area contributed by atoms with E-state index in [-0.39, 0.29) is 12.8 Å². The second-order valence-corrected chi connectivity index (χ2v) is 7.54. The topological polar surface area (TPSA) is 74.7 Å². The van der Waals surface area contributed by atoms with Gasteiger partial charge in [-0.3, -0.25) is 9.59 Å². The SMILES string of the molecule is COC(=O)C1(C(=O)OC)Cc2cc(-c3ccccc3OC)nc3ccc(C)c(c23)C1. The van der Waals surface area contributed by atoms with Crippen LogP contribution in [0, 0.1) is 12.3 Å². The lowest BCUT2D eigenvalue weighted by Gasteiger charge is -2.34. The average molecular weight is 405 g/mol. The van der Waals surface area contributed by atoms with Gasteiger partial charge < -0.3 is 14.2 Å². The number of para-hydroxylation sites is 1. The summed E-state index contributed by atoms with van der Waals surface area (Å²) in [4.78, 5) is 30.5. The zero-order valence-electron chi connectivity index (χ0n) is 17.4. The van der Waals surface area contributed by atoms with E-state index in [9.17, 15) is 9.59 Å². The maximum atomic E-state index is 12.8. The summed E-state index contributed by atoms with van der Waals surface area (Å²) >= 11 is 0. The second kappa shape index (κ2) is 7.44. The number of carbonyl (C=O) groups excluding carboxylic acids is 2. The van der Waals surface area contributed by atoms with Gasteiger partial charge in [-0.15, -0.1) is 0 Å². The third-order valence-electron chi connectivity index (χ3n) is 5.90. The van der Waals surface area contributed by atoms with Crippen LogP contribution in [0.25, 0.3) is 22.2 Å². The molecule has 1 aromatic heterocycles. The highest BCUT2D eigenvalue weighted by molar-refractivity contribution is 6.04. The maximum Gasteiger partial charge on any atom is 0.323 e. The molecule has 0 saturated carbocycles. The molecule has 0 saturated heterocycles. The fourth-order valence-electron chi connectivity index (χ4n) is 4.40. The van der Waals surface area contributed by atoms with Gasteiger partial charge in [-0.1, -0.05) is 18.2 Å². The Morgan fingerprint density at radius 1 is 0.967 bits per heavy atom. The molecule has 0 radical (unpaired) electrons. The largest absolute Gasteiger partial charge is 0.496 e. The lowest BCUT2D eigenvalue weighted by atomic mass is 9.70. The van der Waals surface area contributed by atoms with Crippen LogP contribution in [0.2, 0.25) is 0 Å². The molecule has 0 spiro atoms. The molecule has 4 rings (SSSR count). The van der Waals surface area contributed by atoms with Crippen molar-refractivity contribution in [3.05, 3.63) is 59.2 Å². The number of methoxy groups -OCH3 is 3. The maximum absolute atomic E-state index is 12.8. The molecule has 0 unspecified atom stereocenters. The van der Waals surface area contributed by atoms with Crippen LogP contribution in [0.3, 0.4) is 0 Å². The molecule has 30 heavy (non-hydrogen) atoms. The van der Waals surface area contributed by atoms with E-state index in [1.807, 2.05) is 49.4 Å². The number of benzene rings is 2. The molecule has 2 aromatic carbocycles. The Hall–Kier alpha value is -3.41. The first kappa shape index (κ1) is 19.9. The number of hydrogen-bond acceptors (Lipinski definition) is 6. The van der Waals surface area contributed by atoms with Crippen molar-refractivity contribution in [1.29, 1.82) is 0 Å². The van der Waals surface area contributed by atoms with E-state index in [2.05, 4.69) is 0 Å². The minimum Gasteiger partial charge on any atom is -0.496 e. The first-order valence-corrected chi connectivity index (χ1v) is 9.67. The van der Waals surface area contributed by atoms with Crippen molar-refractivity contribution < 1.29 is 23.8 Å². The van der Waals surface area contributed by atoms with E-state index < -0.39 is 17.4 Å². The van der Waals surface area contributed by atoms with Crippen LogP contribution in [-0.4, -0.2) is 38.3 Å². The third-order valence-corrected chi connectivity index (χ3v) is 5.90. The van der Waals surface area contributed by atoms with Crippen LogP contribution >= 0.6 is 0 Å². The van der Waals surface area contributed by atoms with Crippen LogP contribution < -0.4 is 4.74 Å². The first-order chi connectivity index (χ1) is 14.4. The molecule has 1 aliphatic carbocycles. The lowest BCUT2D eigenvalue weighted by molar-refractivity contribution is -0.169. The van der Waals surface area contributed by atoms with Crippen LogP contribution in [0.1, 0.15) is 16.7 Å². The summed E-state index contributed by atoms with van der Waals surface area (Å²) in [6.45, 7) is 1.97. The van der Waals surface area contributed by atoms with Crippen molar-refractivity contribution >= 4 is 22.8 Å². The van der Waals surface area contributed by atoms with E-state index in [0.29, 0.717) is 5.75 Å². The fraction of sp³-hybridized carbons (Fsp3) is 0.292. The number of nitrogens with zero attached hydrogens (tertiary/aromatic N) is 1. The molecule has 0 fully saturated rings. The molecule has 3 aromatic rings. The quantitative estimate of drug-likeness (QED) is 0.487. The van der Waals surface area contributed by atoms with Crippen LogP contribution in [0.5, 0.6) is 5.75 Å². The Balaban J connectivity index is 2.00. The summed E-state index contributed by atoms with van der Waals surface area (Å²) in [5.41, 5.74) is 3.73. The van der Waals surface area contributed by atoms with Gasteiger partial charge in [0.15, 0.2) is 5.41 Å². The molecule has 6 heteroatoms. The summed E-state index contributed by atoms with van der Waals surface area (Å²) < 4.78 is 15.6. The van der Waals surface area contributed by atoms with Crippen molar-refractivity contribution in [3.63, 3.8) is 0 Å². The van der Waals surface area contributed by atoms with Crippen molar-refractivity contribution in [1.82, 2.24) is 4.98 Å². The lowest BCUT2D eigenvalue weighted by Crippen LogP contribution is -2.46. The number of hydrogen-bond donors (Lipinski definition) is 0. The highest BCUT2D eigenvalue weighted by Gasteiger charge is 2.51. The summed E-state index contributed by atoms with van der Waals surface area (Å²) in [5, 5.41) is 0.983. The molecule has 0 aliphatic heterocycles. The van der Waals surface area contributed by atoms with Crippen molar-refractivity contribution in [2.75, 3.05) is 21.3 Å². The molecule has 154 valence electrons. The number of esters is 2. The molecule has 1 aliphatic rings. The van der Waals surface area contributed by atoms with Gasteiger partial charge in [-0.2, -0.15) is 0 Å². The fourth-order valence-corrected chi connectivity index (χ4v) is 4.40. The summed E-state index contributed by atoms with van der Waals surface area (Å²) in [6.07, 6.45) is 0.405. The highest BCUT2D eigenvalue weighted by atomic mass is 16.5. The molecular formula is C24H23NO5. The first-order valence-electron chi connectivity index (χ1n) is 9.67. The van der Waals surface area contributed by atoms with Gasteiger partial charge in [0.25, 0.3) is 0 Å². The van der Waals surface area contributed by atoms with Gasteiger partial charge in [-0.05, 0) is 47.9 Å². The number of rotatable bonds is 4. The zero-order valence-corrected chi connectivity index (χ0v) is 17.4. The van der Waals surface area contributed by atoms with E-state index >= 15 is 0 Å². The number of aryl methyl sites for hydroxylation is 1. The minimum atomic E-state index is -1.42. The average Bonchev–Trinajstić information content (AvgIpc) is 2.79. The predicted octanol–water partition coefficient (Wildman–Crippen LogP) is 3.65. The summed E-state index contributed by atoms with van der Waals surface area (Å²) in [7, 11) is 4.20. The zero-order chi connectivity index (χ0) is 21.5. The molecule has 0 N–H and O–H groups in total. The molecule has 0 amide bonds. The van der Waals surface area contributed by atoms with Gasteiger partial charge in [0.2, 0.25) is 0 Å². The van der Waals surface area contributed by atoms with E-state index in [1.165, 1.54) is 14.2 Å². The second-order valence-electron chi connectivity index (χ2n) is 7.54. The third kappa shape index (κ3) is 2.91. The van der Waals surface area contributed by atoms with Crippen LogP contribution in [-0.2, 0) is 31.9 Å². The van der Waals surface area contributed by atoms with Crippen molar-refractivity contribution in [2.24, 2.45) is 5.41 Å². The number of pyridine rings is 1. The van der Waals surface area contributed by atoms with Crippen LogP contribution in [0.4, 0.5) is 0 Å². The van der Waals surface area contributed by atoms with Gasteiger partial charge in [-0.25, -0.2) is 4.98 Å². The van der Waals surface area contributed by atoms with Gasteiger partial charge >= 0.3 is 11.9 Å². The van der Waals surface area contributed by atoms with E-state index in [1.54, 1.807) is 7.11 Å². The Kier molecular flexibility index (Phi) is 4.94. The molecule has 1 heterocycles. The van der Waals surface area contributed by atoms with Gasteiger partial charge in [0.1, 0.15) is 5.75 Å². The number of carbonyl (C=O) groups is 2. The van der Waals surface area contributed by atoms with Gasteiger partial charge in [0.05, 0.1) is 32.5 Å². The highest BCUT2D eigenvalue weighted by Crippen LogP contribution is 2.43. The summed E-state index contributed by atoms with van der Waals surface area (Å²) in [5.74, 6) is -0.481. The van der Waals surface area contributed by atoms with Crippen molar-refractivity contribution in [2.45, 2.75) is 19.8 Å². The molecule has 0 atom stereocenters. The predicted molar refractivity (Wildman–Crippen MR) is 112 cm³/mol. The normalized spacial score (nSPS) is 14.3. The van der Waals surface area contributed by atoms with Gasteiger partial charge in [0, 0.05) is 23.8 Å². The Labute approximate surface area is 174 Å². The van der Waals surface area contributed by atoms with E-state index in [0.717, 1.165) is 38.9 Å².